The lowest BCUT2D eigenvalue weighted by Gasteiger charge is -2.19. The van der Waals surface area contributed by atoms with Crippen LogP contribution in [0.25, 0.3) is 16.5 Å². The predicted octanol–water partition coefficient (Wildman–Crippen LogP) is 0.595. The molecule has 3 rings (SSSR count). The molecule has 25 heavy (non-hydrogen) atoms. The van der Waals surface area contributed by atoms with Gasteiger partial charge in [-0.15, -0.1) is 16.4 Å². The Bertz CT molecular complexity index is 933. The Hall–Kier alpha value is -3.01. The Morgan fingerprint density at radius 1 is 1.28 bits per heavy atom. The summed E-state index contributed by atoms with van der Waals surface area (Å²) in [7, 11) is 4.84. The molecule has 0 radical (unpaired) electrons. The van der Waals surface area contributed by atoms with E-state index in [-0.39, 0.29) is 24.2 Å². The van der Waals surface area contributed by atoms with Gasteiger partial charge in [-0.25, -0.2) is 9.97 Å². The van der Waals surface area contributed by atoms with Crippen LogP contribution in [0.5, 0.6) is 0 Å². The fourth-order valence-electron chi connectivity index (χ4n) is 2.19. The van der Waals surface area contributed by atoms with E-state index in [0.29, 0.717) is 22.0 Å². The van der Waals surface area contributed by atoms with E-state index in [1.54, 1.807) is 33.4 Å². The first kappa shape index (κ1) is 16.8. The average molecular weight is 359 g/mol. The molecule has 0 aliphatic rings. The number of hydrogen-bond donors (Lipinski definition) is 1. The number of amides is 2. The van der Waals surface area contributed by atoms with Gasteiger partial charge in [0.1, 0.15) is 5.82 Å². The molecular formula is C15H17N7O2S. The van der Waals surface area contributed by atoms with Crippen LogP contribution in [0.15, 0.2) is 23.7 Å². The third-order valence-corrected chi connectivity index (χ3v) is 4.32. The molecule has 0 bridgehead atoms. The van der Waals surface area contributed by atoms with Crippen LogP contribution in [-0.2, 0) is 4.79 Å². The zero-order valence-electron chi connectivity index (χ0n) is 14.0. The smallest absolute Gasteiger partial charge is 0.254 e. The van der Waals surface area contributed by atoms with Crippen molar-refractivity contribution in [2.45, 2.75) is 0 Å². The van der Waals surface area contributed by atoms with Gasteiger partial charge in [0.15, 0.2) is 10.7 Å². The maximum absolute atomic E-state index is 12.6. The second kappa shape index (κ2) is 6.48. The number of aromatic nitrogens is 4. The van der Waals surface area contributed by atoms with Crippen molar-refractivity contribution in [3.05, 3.63) is 29.3 Å². The summed E-state index contributed by atoms with van der Waals surface area (Å²) in [5.74, 6) is 0.243. The Kier molecular flexibility index (Phi) is 4.36. The highest BCUT2D eigenvalue weighted by atomic mass is 32.1. The topological polar surface area (TPSA) is 110 Å². The summed E-state index contributed by atoms with van der Waals surface area (Å²) in [6, 6.07) is 3.12. The lowest BCUT2D eigenvalue weighted by atomic mass is 10.2. The number of carbonyl (C=O) groups excluding carboxylic acids is 2. The SMILES string of the molecule is CN(C)C(=O)CN(C)C(=O)c1cc(N)n2nc(-c3nccs3)nc2c1. The van der Waals surface area contributed by atoms with Crippen molar-refractivity contribution in [2.75, 3.05) is 33.4 Å². The molecule has 3 aromatic rings. The van der Waals surface area contributed by atoms with Crippen molar-refractivity contribution in [3.63, 3.8) is 0 Å². The normalized spacial score (nSPS) is 10.8. The first-order chi connectivity index (χ1) is 11.9. The summed E-state index contributed by atoms with van der Waals surface area (Å²) in [5, 5.41) is 6.81. The number of likely N-dealkylation sites (N-methyl/N-ethyl adjacent to an activating group) is 2. The minimum Gasteiger partial charge on any atom is -0.384 e. The number of nitrogens with two attached hydrogens (primary N) is 1. The first-order valence-corrected chi connectivity index (χ1v) is 8.26. The van der Waals surface area contributed by atoms with Gasteiger partial charge in [-0.05, 0) is 12.1 Å². The molecule has 0 aliphatic carbocycles. The van der Waals surface area contributed by atoms with Gasteiger partial charge in [0.2, 0.25) is 11.7 Å². The Morgan fingerprint density at radius 2 is 2.04 bits per heavy atom. The number of anilines is 1. The van der Waals surface area contributed by atoms with Crippen molar-refractivity contribution < 1.29 is 9.59 Å². The number of carbonyl (C=O) groups is 2. The van der Waals surface area contributed by atoms with Crippen LogP contribution in [0.4, 0.5) is 5.82 Å². The highest BCUT2D eigenvalue weighted by Crippen LogP contribution is 2.21. The molecule has 0 spiro atoms. The standard InChI is InChI=1S/C15H17N7O2S/c1-20(2)12(23)8-21(3)15(24)9-6-10(16)22-11(7-9)18-13(19-22)14-17-4-5-25-14/h4-7H,8,16H2,1-3H3. The van der Waals surface area contributed by atoms with Crippen molar-refractivity contribution in [2.24, 2.45) is 0 Å². The number of thiazole rings is 1. The van der Waals surface area contributed by atoms with Crippen molar-refractivity contribution in [3.8, 4) is 10.8 Å². The van der Waals surface area contributed by atoms with Crippen LogP contribution < -0.4 is 5.73 Å². The molecule has 0 atom stereocenters. The Morgan fingerprint density at radius 3 is 2.68 bits per heavy atom. The maximum Gasteiger partial charge on any atom is 0.254 e. The zero-order chi connectivity index (χ0) is 18.1. The van der Waals surface area contributed by atoms with E-state index in [2.05, 4.69) is 15.1 Å². The summed E-state index contributed by atoms with van der Waals surface area (Å²) < 4.78 is 1.46. The zero-order valence-corrected chi connectivity index (χ0v) is 14.8. The lowest BCUT2D eigenvalue weighted by Crippen LogP contribution is -2.37. The van der Waals surface area contributed by atoms with Gasteiger partial charge in [0.25, 0.3) is 5.91 Å². The number of hydrogen-bond acceptors (Lipinski definition) is 7. The highest BCUT2D eigenvalue weighted by Gasteiger charge is 2.19. The van der Waals surface area contributed by atoms with Gasteiger partial charge in [-0.3, -0.25) is 9.59 Å². The van der Waals surface area contributed by atoms with Gasteiger partial charge >= 0.3 is 0 Å². The molecule has 0 aromatic carbocycles. The molecule has 0 fully saturated rings. The van der Waals surface area contributed by atoms with Crippen LogP contribution in [0.1, 0.15) is 10.4 Å². The molecule has 2 amide bonds. The molecule has 9 nitrogen and oxygen atoms in total. The third kappa shape index (κ3) is 3.29. The molecule has 10 heteroatoms. The van der Waals surface area contributed by atoms with Crippen molar-refractivity contribution >= 4 is 34.6 Å². The predicted molar refractivity (Wildman–Crippen MR) is 94.2 cm³/mol. The van der Waals surface area contributed by atoms with Gasteiger partial charge in [-0.1, -0.05) is 0 Å². The summed E-state index contributed by atoms with van der Waals surface area (Å²) >= 11 is 1.41. The van der Waals surface area contributed by atoms with Crippen LogP contribution in [0.3, 0.4) is 0 Å². The molecule has 3 aromatic heterocycles. The monoisotopic (exact) mass is 359 g/mol. The quantitative estimate of drug-likeness (QED) is 0.730. The van der Waals surface area contributed by atoms with Gasteiger partial charge in [0.05, 0.1) is 6.54 Å². The molecule has 0 unspecified atom stereocenters. The summed E-state index contributed by atoms with van der Waals surface area (Å²) in [6.45, 7) is -0.0199. The van der Waals surface area contributed by atoms with Crippen LogP contribution in [0.2, 0.25) is 0 Å². The van der Waals surface area contributed by atoms with E-state index in [4.69, 9.17) is 5.73 Å². The number of fused-ring (bicyclic) bond motifs is 1. The molecule has 0 saturated carbocycles. The minimum atomic E-state index is -0.316. The number of rotatable bonds is 4. The molecule has 0 saturated heterocycles. The van der Waals surface area contributed by atoms with E-state index in [0.717, 1.165) is 0 Å². The lowest BCUT2D eigenvalue weighted by molar-refractivity contribution is -0.129. The third-order valence-electron chi connectivity index (χ3n) is 3.55. The Balaban J connectivity index is 1.92. The number of nitrogens with zero attached hydrogens (tertiary/aromatic N) is 6. The number of nitrogen functional groups attached to an aromatic ring is 1. The van der Waals surface area contributed by atoms with E-state index in [9.17, 15) is 9.59 Å². The van der Waals surface area contributed by atoms with Gasteiger partial charge < -0.3 is 15.5 Å². The first-order valence-electron chi connectivity index (χ1n) is 7.38. The average Bonchev–Trinajstić information content (AvgIpc) is 3.22. The summed E-state index contributed by atoms with van der Waals surface area (Å²) in [5.41, 5.74) is 6.80. The highest BCUT2D eigenvalue weighted by molar-refractivity contribution is 7.13. The molecule has 2 N–H and O–H groups in total. The van der Waals surface area contributed by atoms with E-state index >= 15 is 0 Å². The minimum absolute atomic E-state index is 0.0199. The van der Waals surface area contributed by atoms with Crippen LogP contribution in [0, 0.1) is 0 Å². The fraction of sp³-hybridized carbons (Fsp3) is 0.267. The number of pyridine rings is 1. The molecule has 0 aliphatic heterocycles. The van der Waals surface area contributed by atoms with E-state index < -0.39 is 0 Å². The van der Waals surface area contributed by atoms with Gasteiger partial charge in [0, 0.05) is 38.3 Å². The summed E-state index contributed by atoms with van der Waals surface area (Å²) in [4.78, 5) is 35.7. The van der Waals surface area contributed by atoms with Crippen LogP contribution in [-0.4, -0.2) is 68.9 Å². The summed E-state index contributed by atoms with van der Waals surface area (Å²) in [6.07, 6.45) is 1.67. The second-order valence-corrected chi connectivity index (χ2v) is 6.56. The molecule has 3 heterocycles. The second-order valence-electron chi connectivity index (χ2n) is 5.66. The molecular weight excluding hydrogens is 342 g/mol. The van der Waals surface area contributed by atoms with Gasteiger partial charge in [-0.2, -0.15) is 4.52 Å². The van der Waals surface area contributed by atoms with Crippen molar-refractivity contribution in [1.29, 1.82) is 0 Å². The van der Waals surface area contributed by atoms with Crippen molar-refractivity contribution in [1.82, 2.24) is 29.4 Å². The Labute approximate surface area is 147 Å². The van der Waals surface area contributed by atoms with E-state index in [1.807, 2.05) is 5.38 Å². The molecule has 130 valence electrons. The maximum atomic E-state index is 12.6. The van der Waals surface area contributed by atoms with E-state index in [1.165, 1.54) is 31.7 Å². The largest absolute Gasteiger partial charge is 0.384 e. The van der Waals surface area contributed by atoms with Crippen LogP contribution >= 0.6 is 11.3 Å². The fourth-order valence-corrected chi connectivity index (χ4v) is 2.76.